The maximum Gasteiger partial charge on any atom is 0.337 e. The fourth-order valence-electron chi connectivity index (χ4n) is 2.33. The Morgan fingerprint density at radius 3 is 2.00 bits per heavy atom. The van der Waals surface area contributed by atoms with Crippen molar-refractivity contribution >= 4 is 11.8 Å². The number of H-pyrrole nitrogens is 1. The van der Waals surface area contributed by atoms with Crippen LogP contribution in [0.4, 0.5) is 0 Å². The first-order valence-corrected chi connectivity index (χ1v) is 6.77. The highest BCUT2D eigenvalue weighted by Crippen LogP contribution is 2.21. The van der Waals surface area contributed by atoms with Crippen LogP contribution in [-0.4, -0.2) is 21.8 Å². The number of carboxylic acid groups (broad SMARTS) is 1. The first kappa shape index (κ1) is 13.8. The predicted molar refractivity (Wildman–Crippen MR) is 83.1 cm³/mol. The molecule has 108 valence electrons. The molecule has 0 unspecified atom stereocenters. The van der Waals surface area contributed by atoms with Gasteiger partial charge in [0.15, 0.2) is 5.78 Å². The van der Waals surface area contributed by atoms with Crippen LogP contribution in [0, 0.1) is 0 Å². The van der Waals surface area contributed by atoms with E-state index in [0.29, 0.717) is 5.56 Å². The molecule has 3 rings (SSSR count). The van der Waals surface area contributed by atoms with Crippen LogP contribution < -0.4 is 0 Å². The van der Waals surface area contributed by atoms with Gasteiger partial charge < -0.3 is 10.1 Å². The van der Waals surface area contributed by atoms with E-state index in [2.05, 4.69) is 4.98 Å². The van der Waals surface area contributed by atoms with Gasteiger partial charge in [-0.3, -0.25) is 4.79 Å². The minimum atomic E-state index is -1.12. The van der Waals surface area contributed by atoms with Gasteiger partial charge in [0.2, 0.25) is 0 Å². The van der Waals surface area contributed by atoms with Crippen LogP contribution >= 0.6 is 0 Å². The van der Waals surface area contributed by atoms with Gasteiger partial charge in [0.25, 0.3) is 0 Å². The zero-order valence-electron chi connectivity index (χ0n) is 11.6. The molecule has 0 saturated carbocycles. The fraction of sp³-hybridized carbons (Fsp3) is 0. The number of rotatable bonds is 4. The molecule has 0 amide bonds. The number of benzene rings is 2. The summed E-state index contributed by atoms with van der Waals surface area (Å²) in [6.07, 6.45) is 2.73. The Hall–Kier alpha value is -3.14. The van der Waals surface area contributed by atoms with Crippen LogP contribution in [0.1, 0.15) is 26.3 Å². The topological polar surface area (TPSA) is 70.2 Å². The van der Waals surface area contributed by atoms with E-state index in [-0.39, 0.29) is 16.9 Å². The lowest BCUT2D eigenvalue weighted by Crippen LogP contribution is -2.06. The number of hydrogen-bond acceptors (Lipinski definition) is 2. The third-order valence-electron chi connectivity index (χ3n) is 3.47. The minimum Gasteiger partial charge on any atom is -0.478 e. The summed E-state index contributed by atoms with van der Waals surface area (Å²) in [5.74, 6) is -1.43. The molecule has 0 radical (unpaired) electrons. The third kappa shape index (κ3) is 2.54. The number of carbonyl (C=O) groups is 2. The molecule has 4 nitrogen and oxygen atoms in total. The standard InChI is InChI=1S/C18H13NO3/c20-17(15-10-19-11-16(15)18(21)22)14-8-6-13(7-9-14)12-4-2-1-3-5-12/h1-11,19H,(H,21,22). The summed E-state index contributed by atoms with van der Waals surface area (Å²) in [5, 5.41) is 9.07. The smallest absolute Gasteiger partial charge is 0.337 e. The summed E-state index contributed by atoms with van der Waals surface area (Å²) >= 11 is 0. The highest BCUT2D eigenvalue weighted by molar-refractivity contribution is 6.14. The van der Waals surface area contributed by atoms with Crippen molar-refractivity contribution < 1.29 is 14.7 Å². The summed E-state index contributed by atoms with van der Waals surface area (Å²) in [7, 11) is 0. The van der Waals surface area contributed by atoms with Gasteiger partial charge in [-0.15, -0.1) is 0 Å². The summed E-state index contributed by atoms with van der Waals surface area (Å²) in [5.41, 5.74) is 2.68. The molecule has 0 fully saturated rings. The number of ketones is 1. The molecule has 3 aromatic rings. The van der Waals surface area contributed by atoms with Gasteiger partial charge in [-0.25, -0.2) is 4.79 Å². The van der Waals surface area contributed by atoms with Crippen molar-refractivity contribution in [3.63, 3.8) is 0 Å². The van der Waals surface area contributed by atoms with Crippen LogP contribution in [-0.2, 0) is 0 Å². The molecular formula is C18H13NO3. The van der Waals surface area contributed by atoms with E-state index in [1.165, 1.54) is 12.4 Å². The maximum atomic E-state index is 12.4. The predicted octanol–water partition coefficient (Wildman–Crippen LogP) is 3.61. The molecule has 4 heteroatoms. The summed E-state index contributed by atoms with van der Waals surface area (Å²) in [6.45, 7) is 0. The first-order chi connectivity index (χ1) is 10.7. The van der Waals surface area contributed by atoms with Crippen molar-refractivity contribution in [1.29, 1.82) is 0 Å². The lowest BCUT2D eigenvalue weighted by atomic mass is 9.99. The molecule has 2 N–H and O–H groups in total. The van der Waals surface area contributed by atoms with Gasteiger partial charge in [0.1, 0.15) is 0 Å². The normalized spacial score (nSPS) is 10.4. The molecule has 0 atom stereocenters. The Balaban J connectivity index is 1.91. The Morgan fingerprint density at radius 2 is 1.36 bits per heavy atom. The minimum absolute atomic E-state index is 0.0165. The van der Waals surface area contributed by atoms with Crippen LogP contribution in [0.15, 0.2) is 67.0 Å². The molecule has 0 spiro atoms. The number of aromatic nitrogens is 1. The van der Waals surface area contributed by atoms with Crippen LogP contribution in [0.3, 0.4) is 0 Å². The van der Waals surface area contributed by atoms with Crippen LogP contribution in [0.5, 0.6) is 0 Å². The first-order valence-electron chi connectivity index (χ1n) is 6.77. The van der Waals surface area contributed by atoms with Gasteiger partial charge in [-0.1, -0.05) is 54.6 Å². The molecule has 1 heterocycles. The van der Waals surface area contributed by atoms with E-state index < -0.39 is 5.97 Å². The SMILES string of the molecule is O=C(O)c1c[nH]cc1C(=O)c1ccc(-c2ccccc2)cc1. The molecule has 0 bridgehead atoms. The highest BCUT2D eigenvalue weighted by atomic mass is 16.4. The van der Waals surface area contributed by atoms with Gasteiger partial charge >= 0.3 is 5.97 Å². The Labute approximate surface area is 127 Å². The van der Waals surface area contributed by atoms with E-state index >= 15 is 0 Å². The van der Waals surface area contributed by atoms with Crippen LogP contribution in [0.25, 0.3) is 11.1 Å². The average Bonchev–Trinajstić information content (AvgIpc) is 3.05. The van der Waals surface area contributed by atoms with E-state index in [1.807, 2.05) is 42.5 Å². The summed E-state index contributed by atoms with van der Waals surface area (Å²) in [4.78, 5) is 26.1. The van der Waals surface area contributed by atoms with Gasteiger partial charge in [-0.05, 0) is 11.1 Å². The molecule has 22 heavy (non-hydrogen) atoms. The summed E-state index contributed by atoms with van der Waals surface area (Å²) in [6, 6.07) is 17.0. The second-order valence-electron chi connectivity index (χ2n) is 4.86. The van der Waals surface area contributed by atoms with Crippen molar-refractivity contribution in [2.24, 2.45) is 0 Å². The molecule has 0 saturated heterocycles. The Morgan fingerprint density at radius 1 is 0.773 bits per heavy atom. The molecular weight excluding hydrogens is 278 g/mol. The number of carboxylic acids is 1. The average molecular weight is 291 g/mol. The van der Waals surface area contributed by atoms with Crippen molar-refractivity contribution in [2.45, 2.75) is 0 Å². The molecule has 0 aliphatic heterocycles. The Bertz CT molecular complexity index is 817. The van der Waals surface area contributed by atoms with Crippen LogP contribution in [0.2, 0.25) is 0 Å². The van der Waals surface area contributed by atoms with Gasteiger partial charge in [0.05, 0.1) is 11.1 Å². The number of hydrogen-bond donors (Lipinski definition) is 2. The van der Waals surface area contributed by atoms with Crippen molar-refractivity contribution in [2.75, 3.05) is 0 Å². The van der Waals surface area contributed by atoms with Crippen molar-refractivity contribution in [3.8, 4) is 11.1 Å². The van der Waals surface area contributed by atoms with E-state index in [0.717, 1.165) is 11.1 Å². The third-order valence-corrected chi connectivity index (χ3v) is 3.47. The largest absolute Gasteiger partial charge is 0.478 e. The van der Waals surface area contributed by atoms with E-state index in [4.69, 9.17) is 5.11 Å². The zero-order valence-corrected chi connectivity index (χ0v) is 11.6. The number of nitrogens with one attached hydrogen (secondary N) is 1. The lowest BCUT2D eigenvalue weighted by Gasteiger charge is -2.04. The van der Waals surface area contributed by atoms with Crippen molar-refractivity contribution in [1.82, 2.24) is 4.98 Å². The maximum absolute atomic E-state index is 12.4. The fourth-order valence-corrected chi connectivity index (χ4v) is 2.33. The number of carbonyl (C=O) groups excluding carboxylic acids is 1. The molecule has 2 aromatic carbocycles. The van der Waals surface area contributed by atoms with E-state index in [1.54, 1.807) is 12.1 Å². The van der Waals surface area contributed by atoms with Crippen molar-refractivity contribution in [3.05, 3.63) is 83.7 Å². The second-order valence-corrected chi connectivity index (χ2v) is 4.86. The van der Waals surface area contributed by atoms with Gasteiger partial charge in [-0.2, -0.15) is 0 Å². The lowest BCUT2D eigenvalue weighted by molar-refractivity contribution is 0.0693. The Kier molecular flexibility index (Phi) is 3.58. The molecule has 0 aliphatic rings. The molecule has 0 aliphatic carbocycles. The van der Waals surface area contributed by atoms with Gasteiger partial charge in [0, 0.05) is 18.0 Å². The molecule has 1 aromatic heterocycles. The summed E-state index contributed by atoms with van der Waals surface area (Å²) < 4.78 is 0. The highest BCUT2D eigenvalue weighted by Gasteiger charge is 2.18. The zero-order chi connectivity index (χ0) is 15.5. The quantitative estimate of drug-likeness (QED) is 0.721. The number of aromatic amines is 1. The second kappa shape index (κ2) is 5.69. The number of aromatic carboxylic acids is 1. The van der Waals surface area contributed by atoms with E-state index in [9.17, 15) is 9.59 Å². The monoisotopic (exact) mass is 291 g/mol.